The van der Waals surface area contributed by atoms with E-state index in [0.717, 1.165) is 42.3 Å². The zero-order chi connectivity index (χ0) is 28.1. The molecule has 1 aliphatic carbocycles. The number of aryl methyl sites for hydroxylation is 2. The second kappa shape index (κ2) is 12.0. The molecule has 1 atom stereocenters. The number of Topliss-reactive ketones (excluding diaryl/α,β-unsaturated/α-hetero) is 1. The van der Waals surface area contributed by atoms with Crippen LogP contribution in [0.2, 0.25) is 0 Å². The van der Waals surface area contributed by atoms with Gasteiger partial charge in [-0.05, 0) is 72.9 Å². The van der Waals surface area contributed by atoms with Crippen molar-refractivity contribution in [1.29, 1.82) is 10.5 Å². The highest BCUT2D eigenvalue weighted by Gasteiger charge is 2.27. The van der Waals surface area contributed by atoms with E-state index < -0.39 is 0 Å². The Kier molecular flexibility index (Phi) is 8.03. The lowest BCUT2D eigenvalue weighted by Gasteiger charge is -2.23. The summed E-state index contributed by atoms with van der Waals surface area (Å²) >= 11 is 0. The number of carbonyl (C=O) groups excluding carboxylic acids is 2. The molecule has 0 aliphatic heterocycles. The summed E-state index contributed by atoms with van der Waals surface area (Å²) in [7, 11) is 0. The molecule has 0 radical (unpaired) electrons. The van der Waals surface area contributed by atoms with Gasteiger partial charge in [-0.2, -0.15) is 10.5 Å². The molecule has 5 rings (SSSR count). The number of nitrogens with zero attached hydrogens (tertiary/aromatic N) is 4. The van der Waals surface area contributed by atoms with Crippen LogP contribution in [0.5, 0.6) is 0 Å². The number of hydrogen-bond donors (Lipinski definition) is 1. The molecule has 200 valence electrons. The molecule has 0 bridgehead atoms. The Morgan fingerprint density at radius 3 is 2.48 bits per heavy atom. The van der Waals surface area contributed by atoms with Crippen LogP contribution in [0.15, 0.2) is 66.7 Å². The average molecular weight is 530 g/mol. The lowest BCUT2D eigenvalue weighted by Crippen LogP contribution is -2.22. The maximum absolute atomic E-state index is 13.2. The molecule has 1 amide bonds. The Bertz CT molecular complexity index is 1630. The van der Waals surface area contributed by atoms with Crippen LogP contribution >= 0.6 is 0 Å². The van der Waals surface area contributed by atoms with Crippen molar-refractivity contribution >= 4 is 28.7 Å². The highest BCUT2D eigenvalue weighted by Crippen LogP contribution is 2.32. The van der Waals surface area contributed by atoms with Crippen LogP contribution in [-0.2, 0) is 17.8 Å². The molecule has 1 heterocycles. The van der Waals surface area contributed by atoms with Gasteiger partial charge in [0.2, 0.25) is 5.95 Å². The number of aromatic nitrogens is 2. The Morgan fingerprint density at radius 1 is 1.00 bits per heavy atom. The minimum atomic E-state index is -0.334. The summed E-state index contributed by atoms with van der Waals surface area (Å²) in [5.41, 5.74) is 4.89. The number of carbonyl (C=O) groups is 2. The van der Waals surface area contributed by atoms with Crippen LogP contribution < -0.4 is 5.32 Å². The van der Waals surface area contributed by atoms with E-state index in [1.165, 1.54) is 6.42 Å². The molecule has 1 fully saturated rings. The second-order valence-electron chi connectivity index (χ2n) is 10.5. The Hall–Kier alpha value is -4.75. The second-order valence-corrected chi connectivity index (χ2v) is 10.5. The first-order chi connectivity index (χ1) is 19.5. The Labute approximate surface area is 234 Å². The third kappa shape index (κ3) is 5.65. The summed E-state index contributed by atoms with van der Waals surface area (Å²) in [6.07, 6.45) is 5.95. The van der Waals surface area contributed by atoms with Crippen molar-refractivity contribution in [2.75, 3.05) is 5.32 Å². The van der Waals surface area contributed by atoms with E-state index in [4.69, 9.17) is 10.2 Å². The predicted molar refractivity (Wildman–Crippen MR) is 154 cm³/mol. The quantitative estimate of drug-likeness (QED) is 0.279. The van der Waals surface area contributed by atoms with Crippen molar-refractivity contribution < 1.29 is 9.59 Å². The number of hydrogen-bond acceptors (Lipinski definition) is 5. The SMILES string of the molecule is CC(C(=O)C1CCCCC1)c1ccc2c(c1)nc(NC(=O)c1ccc(C#N)cc1)n2CCc1ccccc1C#N. The van der Waals surface area contributed by atoms with Gasteiger partial charge in [0.05, 0.1) is 34.3 Å². The molecular weight excluding hydrogens is 498 g/mol. The fraction of sp³-hybridized carbons (Fsp3) is 0.303. The lowest BCUT2D eigenvalue weighted by atomic mass is 9.80. The molecule has 0 saturated heterocycles. The van der Waals surface area contributed by atoms with Crippen molar-refractivity contribution in [3.8, 4) is 12.1 Å². The zero-order valence-corrected chi connectivity index (χ0v) is 22.6. The van der Waals surface area contributed by atoms with Crippen molar-refractivity contribution in [1.82, 2.24) is 9.55 Å². The van der Waals surface area contributed by atoms with E-state index in [2.05, 4.69) is 17.5 Å². The Morgan fingerprint density at radius 2 is 1.75 bits per heavy atom. The van der Waals surface area contributed by atoms with Crippen LogP contribution in [0.25, 0.3) is 11.0 Å². The van der Waals surface area contributed by atoms with E-state index in [1.807, 2.05) is 47.9 Å². The van der Waals surface area contributed by atoms with E-state index in [-0.39, 0.29) is 17.7 Å². The highest BCUT2D eigenvalue weighted by atomic mass is 16.2. The summed E-state index contributed by atoms with van der Waals surface area (Å²) in [5, 5.41) is 21.5. The molecule has 1 aromatic heterocycles. The van der Waals surface area contributed by atoms with Gasteiger partial charge < -0.3 is 4.57 Å². The number of imidazole rings is 1. The molecule has 1 aliphatic rings. The van der Waals surface area contributed by atoms with Gasteiger partial charge in [0.1, 0.15) is 5.78 Å². The largest absolute Gasteiger partial charge is 0.310 e. The number of nitriles is 2. The van der Waals surface area contributed by atoms with Crippen LogP contribution in [-0.4, -0.2) is 21.2 Å². The summed E-state index contributed by atoms with van der Waals surface area (Å²) in [6.45, 7) is 2.47. The smallest absolute Gasteiger partial charge is 0.257 e. The lowest BCUT2D eigenvalue weighted by molar-refractivity contribution is -0.124. The minimum absolute atomic E-state index is 0.125. The molecule has 3 aromatic carbocycles. The van der Waals surface area contributed by atoms with Crippen molar-refractivity contribution in [2.45, 2.75) is 57.9 Å². The van der Waals surface area contributed by atoms with Gasteiger partial charge in [-0.15, -0.1) is 0 Å². The van der Waals surface area contributed by atoms with Gasteiger partial charge >= 0.3 is 0 Å². The van der Waals surface area contributed by atoms with Crippen LogP contribution in [0, 0.1) is 28.6 Å². The van der Waals surface area contributed by atoms with Crippen molar-refractivity contribution in [2.24, 2.45) is 5.92 Å². The number of rotatable bonds is 8. The zero-order valence-electron chi connectivity index (χ0n) is 22.6. The van der Waals surface area contributed by atoms with E-state index in [0.29, 0.717) is 46.9 Å². The van der Waals surface area contributed by atoms with Gasteiger partial charge in [-0.25, -0.2) is 4.98 Å². The number of benzene rings is 3. The summed E-state index contributed by atoms with van der Waals surface area (Å²) in [6, 6.07) is 24.1. The maximum Gasteiger partial charge on any atom is 0.257 e. The molecule has 1 unspecified atom stereocenters. The number of amides is 1. The molecule has 4 aromatic rings. The number of nitrogens with one attached hydrogen (secondary N) is 1. The molecule has 7 heteroatoms. The van der Waals surface area contributed by atoms with Gasteiger partial charge in [-0.3, -0.25) is 14.9 Å². The van der Waals surface area contributed by atoms with E-state index >= 15 is 0 Å². The third-order valence-corrected chi connectivity index (χ3v) is 7.95. The van der Waals surface area contributed by atoms with E-state index in [9.17, 15) is 14.9 Å². The summed E-state index contributed by atoms with van der Waals surface area (Å²) in [5.74, 6) is 0.249. The molecule has 1 N–H and O–H groups in total. The first-order valence-electron chi connectivity index (χ1n) is 13.8. The number of fused-ring (bicyclic) bond motifs is 1. The summed E-state index contributed by atoms with van der Waals surface area (Å²) in [4.78, 5) is 31.2. The number of ketones is 1. The van der Waals surface area contributed by atoms with Gasteiger partial charge in [-0.1, -0.05) is 50.5 Å². The minimum Gasteiger partial charge on any atom is -0.310 e. The van der Waals surface area contributed by atoms with Gasteiger partial charge in [0, 0.05) is 23.9 Å². The van der Waals surface area contributed by atoms with Crippen LogP contribution in [0.3, 0.4) is 0 Å². The van der Waals surface area contributed by atoms with Crippen LogP contribution in [0.4, 0.5) is 5.95 Å². The predicted octanol–water partition coefficient (Wildman–Crippen LogP) is 6.53. The maximum atomic E-state index is 13.2. The standard InChI is InChI=1S/C33H31N5O2/c1-22(31(39)25-8-3-2-4-9-25)27-15-16-30-29(19-27)36-33(37-32(40)26-13-11-23(20-34)12-14-26)38(30)18-17-24-7-5-6-10-28(24)21-35/h5-7,10-16,19,22,25H,2-4,8-9,17-18H2,1H3,(H,36,37,40). The van der Waals surface area contributed by atoms with E-state index in [1.54, 1.807) is 30.3 Å². The Balaban J connectivity index is 1.47. The van der Waals surface area contributed by atoms with Crippen LogP contribution in [0.1, 0.15) is 77.6 Å². The molecular formula is C33H31N5O2. The third-order valence-electron chi connectivity index (χ3n) is 7.95. The normalized spacial score (nSPS) is 14.3. The molecule has 0 spiro atoms. The van der Waals surface area contributed by atoms with Gasteiger partial charge in [0.25, 0.3) is 5.91 Å². The molecule has 40 heavy (non-hydrogen) atoms. The molecule has 7 nitrogen and oxygen atoms in total. The topological polar surface area (TPSA) is 112 Å². The van der Waals surface area contributed by atoms with Crippen molar-refractivity contribution in [3.63, 3.8) is 0 Å². The highest BCUT2D eigenvalue weighted by molar-refractivity contribution is 6.04. The summed E-state index contributed by atoms with van der Waals surface area (Å²) < 4.78 is 1.95. The fourth-order valence-electron chi connectivity index (χ4n) is 5.59. The fourth-order valence-corrected chi connectivity index (χ4v) is 5.59. The first kappa shape index (κ1) is 26.8. The first-order valence-corrected chi connectivity index (χ1v) is 13.8. The number of anilines is 1. The monoisotopic (exact) mass is 529 g/mol. The molecule has 1 saturated carbocycles. The van der Waals surface area contributed by atoms with Crippen molar-refractivity contribution in [3.05, 3.63) is 94.5 Å². The average Bonchev–Trinajstić information content (AvgIpc) is 3.35. The van der Waals surface area contributed by atoms with Gasteiger partial charge in [0.15, 0.2) is 0 Å².